The van der Waals surface area contributed by atoms with Crippen LogP contribution in [0.15, 0.2) is 47.1 Å². The first kappa shape index (κ1) is 11.4. The molecule has 16 heavy (non-hydrogen) atoms. The quantitative estimate of drug-likeness (QED) is 0.922. The molecule has 2 nitrogen and oxygen atoms in total. The van der Waals surface area contributed by atoms with E-state index in [0.717, 1.165) is 4.47 Å². The molecule has 0 bridgehead atoms. The van der Waals surface area contributed by atoms with Gasteiger partial charge in [0, 0.05) is 17.2 Å². The second kappa shape index (κ2) is 5.32. The zero-order valence-electron chi connectivity index (χ0n) is 8.45. The summed E-state index contributed by atoms with van der Waals surface area (Å²) >= 11 is 9.42. The van der Waals surface area contributed by atoms with Gasteiger partial charge in [-0.25, -0.2) is 4.98 Å². The third kappa shape index (κ3) is 2.97. The van der Waals surface area contributed by atoms with Gasteiger partial charge >= 0.3 is 0 Å². The molecule has 1 aromatic heterocycles. The minimum Gasteiger partial charge on any atom is -0.365 e. The molecule has 0 fully saturated rings. The first-order valence-electron chi connectivity index (χ1n) is 4.84. The Hall–Kier alpha value is -1.06. The van der Waals surface area contributed by atoms with E-state index in [1.165, 1.54) is 5.56 Å². The molecule has 0 aliphatic carbocycles. The van der Waals surface area contributed by atoms with E-state index >= 15 is 0 Å². The Morgan fingerprint density at radius 1 is 1.25 bits per heavy atom. The maximum Gasteiger partial charge on any atom is 0.145 e. The molecule has 0 radical (unpaired) electrons. The number of hydrogen-bond donors (Lipinski definition) is 1. The van der Waals surface area contributed by atoms with Crippen LogP contribution in [0.4, 0.5) is 5.82 Å². The van der Waals surface area contributed by atoms with Crippen LogP contribution in [-0.4, -0.2) is 4.98 Å². The standard InChI is InChI=1S/C12H10BrClN2/c13-10-4-1-3-9(7-10)8-16-12-11(14)5-2-6-15-12/h1-7H,8H2,(H,15,16). The fourth-order valence-corrected chi connectivity index (χ4v) is 1.98. The summed E-state index contributed by atoms with van der Waals surface area (Å²) in [5.41, 5.74) is 1.18. The molecular formula is C12H10BrClN2. The summed E-state index contributed by atoms with van der Waals surface area (Å²) in [6, 6.07) is 11.7. The molecule has 0 amide bonds. The van der Waals surface area contributed by atoms with Crippen molar-refractivity contribution in [3.8, 4) is 0 Å². The Labute approximate surface area is 108 Å². The van der Waals surface area contributed by atoms with Gasteiger partial charge in [-0.3, -0.25) is 0 Å². The molecule has 0 aliphatic rings. The van der Waals surface area contributed by atoms with Crippen LogP contribution in [-0.2, 0) is 6.54 Å². The van der Waals surface area contributed by atoms with Crippen LogP contribution in [0.1, 0.15) is 5.56 Å². The molecular weight excluding hydrogens is 288 g/mol. The minimum absolute atomic E-state index is 0.637. The molecule has 2 aromatic rings. The average Bonchev–Trinajstić information content (AvgIpc) is 2.28. The maximum atomic E-state index is 5.99. The van der Waals surface area contributed by atoms with Gasteiger partial charge in [-0.2, -0.15) is 0 Å². The largest absolute Gasteiger partial charge is 0.365 e. The van der Waals surface area contributed by atoms with Gasteiger partial charge in [0.15, 0.2) is 0 Å². The van der Waals surface area contributed by atoms with Crippen molar-refractivity contribution in [1.29, 1.82) is 0 Å². The molecule has 1 heterocycles. The molecule has 1 aromatic carbocycles. The molecule has 0 aliphatic heterocycles. The molecule has 0 saturated heterocycles. The maximum absolute atomic E-state index is 5.99. The van der Waals surface area contributed by atoms with Crippen molar-refractivity contribution in [2.45, 2.75) is 6.54 Å². The van der Waals surface area contributed by atoms with Gasteiger partial charge in [0.1, 0.15) is 5.82 Å². The Morgan fingerprint density at radius 3 is 2.88 bits per heavy atom. The van der Waals surface area contributed by atoms with Crippen LogP contribution < -0.4 is 5.32 Å². The van der Waals surface area contributed by atoms with Crippen LogP contribution in [0, 0.1) is 0 Å². The van der Waals surface area contributed by atoms with Gasteiger partial charge < -0.3 is 5.32 Å². The minimum atomic E-state index is 0.637. The first-order valence-corrected chi connectivity index (χ1v) is 6.01. The molecule has 0 saturated carbocycles. The van der Waals surface area contributed by atoms with E-state index in [1.807, 2.05) is 24.3 Å². The number of pyridine rings is 1. The zero-order valence-corrected chi connectivity index (χ0v) is 10.8. The fourth-order valence-electron chi connectivity index (χ4n) is 1.35. The lowest BCUT2D eigenvalue weighted by Gasteiger charge is -2.07. The summed E-state index contributed by atoms with van der Waals surface area (Å²) in [5.74, 6) is 0.712. The highest BCUT2D eigenvalue weighted by Crippen LogP contribution is 2.19. The van der Waals surface area contributed by atoms with Gasteiger partial charge in [0.25, 0.3) is 0 Å². The van der Waals surface area contributed by atoms with Crippen LogP contribution in [0.25, 0.3) is 0 Å². The molecule has 2 rings (SSSR count). The predicted molar refractivity (Wildman–Crippen MR) is 70.7 cm³/mol. The third-order valence-corrected chi connectivity index (χ3v) is 2.91. The van der Waals surface area contributed by atoms with Crippen molar-refractivity contribution in [3.05, 3.63) is 57.7 Å². The monoisotopic (exact) mass is 296 g/mol. The van der Waals surface area contributed by atoms with E-state index in [0.29, 0.717) is 17.4 Å². The average molecular weight is 298 g/mol. The second-order valence-electron chi connectivity index (χ2n) is 3.32. The summed E-state index contributed by atoms with van der Waals surface area (Å²) in [4.78, 5) is 4.16. The van der Waals surface area contributed by atoms with Crippen LogP contribution in [0.3, 0.4) is 0 Å². The van der Waals surface area contributed by atoms with Crippen molar-refractivity contribution < 1.29 is 0 Å². The van der Waals surface area contributed by atoms with E-state index < -0.39 is 0 Å². The highest BCUT2D eigenvalue weighted by Gasteiger charge is 1.99. The predicted octanol–water partition coefficient (Wildman–Crippen LogP) is 4.11. The number of anilines is 1. The summed E-state index contributed by atoms with van der Waals surface area (Å²) in [6.45, 7) is 0.705. The Balaban J connectivity index is 2.05. The number of aromatic nitrogens is 1. The molecule has 0 atom stereocenters. The summed E-state index contributed by atoms with van der Waals surface area (Å²) in [5, 5.41) is 3.83. The molecule has 82 valence electrons. The molecule has 0 spiro atoms. The number of benzene rings is 1. The van der Waals surface area contributed by atoms with Gasteiger partial charge in [-0.05, 0) is 29.8 Å². The Kier molecular flexibility index (Phi) is 3.80. The van der Waals surface area contributed by atoms with Gasteiger partial charge in [0.2, 0.25) is 0 Å². The van der Waals surface area contributed by atoms with E-state index in [4.69, 9.17) is 11.6 Å². The fraction of sp³-hybridized carbons (Fsp3) is 0.0833. The van der Waals surface area contributed by atoms with E-state index in [1.54, 1.807) is 6.20 Å². The number of hydrogen-bond acceptors (Lipinski definition) is 2. The number of nitrogens with zero attached hydrogens (tertiary/aromatic N) is 1. The zero-order chi connectivity index (χ0) is 11.4. The van der Waals surface area contributed by atoms with E-state index in [2.05, 4.69) is 38.4 Å². The molecule has 4 heteroatoms. The van der Waals surface area contributed by atoms with Gasteiger partial charge in [0.05, 0.1) is 5.02 Å². The molecule has 1 N–H and O–H groups in total. The lowest BCUT2D eigenvalue weighted by Crippen LogP contribution is -2.01. The highest BCUT2D eigenvalue weighted by atomic mass is 79.9. The summed E-state index contributed by atoms with van der Waals surface area (Å²) in [6.07, 6.45) is 1.72. The van der Waals surface area contributed by atoms with Crippen molar-refractivity contribution in [2.75, 3.05) is 5.32 Å². The lowest BCUT2D eigenvalue weighted by molar-refractivity contribution is 1.11. The number of rotatable bonds is 3. The lowest BCUT2D eigenvalue weighted by atomic mass is 10.2. The normalized spacial score (nSPS) is 10.1. The first-order chi connectivity index (χ1) is 7.75. The highest BCUT2D eigenvalue weighted by molar-refractivity contribution is 9.10. The number of nitrogens with one attached hydrogen (secondary N) is 1. The second-order valence-corrected chi connectivity index (χ2v) is 4.64. The smallest absolute Gasteiger partial charge is 0.145 e. The molecule has 0 unspecified atom stereocenters. The van der Waals surface area contributed by atoms with Crippen molar-refractivity contribution >= 4 is 33.3 Å². The number of halogens is 2. The summed E-state index contributed by atoms with van der Waals surface area (Å²) in [7, 11) is 0. The van der Waals surface area contributed by atoms with Gasteiger partial charge in [-0.15, -0.1) is 0 Å². The summed E-state index contributed by atoms with van der Waals surface area (Å²) < 4.78 is 1.07. The van der Waals surface area contributed by atoms with Crippen molar-refractivity contribution in [2.24, 2.45) is 0 Å². The van der Waals surface area contributed by atoms with Crippen LogP contribution in [0.5, 0.6) is 0 Å². The van der Waals surface area contributed by atoms with E-state index in [-0.39, 0.29) is 0 Å². The third-order valence-electron chi connectivity index (χ3n) is 2.11. The van der Waals surface area contributed by atoms with Crippen LogP contribution in [0.2, 0.25) is 5.02 Å². The Morgan fingerprint density at radius 2 is 2.12 bits per heavy atom. The SMILES string of the molecule is Clc1cccnc1NCc1cccc(Br)c1. The van der Waals surface area contributed by atoms with E-state index in [9.17, 15) is 0 Å². The Bertz CT molecular complexity index is 488. The van der Waals surface area contributed by atoms with Crippen molar-refractivity contribution in [3.63, 3.8) is 0 Å². The topological polar surface area (TPSA) is 24.9 Å². The van der Waals surface area contributed by atoms with Crippen LogP contribution >= 0.6 is 27.5 Å². The van der Waals surface area contributed by atoms with Crippen molar-refractivity contribution in [1.82, 2.24) is 4.98 Å². The van der Waals surface area contributed by atoms with Gasteiger partial charge in [-0.1, -0.05) is 39.7 Å².